The molecule has 192 valence electrons. The second-order valence-electron chi connectivity index (χ2n) is 9.24. The van der Waals surface area contributed by atoms with E-state index in [0.29, 0.717) is 42.9 Å². The fraction of sp³-hybridized carbons (Fsp3) is 0.308. The van der Waals surface area contributed by atoms with Gasteiger partial charge in [-0.15, -0.1) is 0 Å². The summed E-state index contributed by atoms with van der Waals surface area (Å²) in [6, 6.07) is 8.56. The third-order valence-electron chi connectivity index (χ3n) is 6.62. The molecule has 1 aliphatic carbocycles. The minimum Gasteiger partial charge on any atom is -0.477 e. The number of nitrogens with zero attached hydrogens (tertiary/aromatic N) is 4. The number of pyridine rings is 1. The highest BCUT2D eigenvalue weighted by atomic mass is 19.1. The molecule has 1 saturated carbocycles. The Kier molecular flexibility index (Phi) is 6.70. The zero-order valence-corrected chi connectivity index (χ0v) is 19.9. The summed E-state index contributed by atoms with van der Waals surface area (Å²) in [4.78, 5) is 40.2. The number of hydrazone groups is 1. The average molecular weight is 510 g/mol. The number of nitrogens with one attached hydrogen (secondary N) is 1. The van der Waals surface area contributed by atoms with Crippen LogP contribution in [0.4, 0.5) is 14.5 Å². The van der Waals surface area contributed by atoms with Crippen molar-refractivity contribution in [1.82, 2.24) is 14.9 Å². The smallest absolute Gasteiger partial charge is 0.341 e. The van der Waals surface area contributed by atoms with Crippen LogP contribution in [0.25, 0.3) is 10.9 Å². The van der Waals surface area contributed by atoms with Gasteiger partial charge in [-0.1, -0.05) is 12.1 Å². The van der Waals surface area contributed by atoms with Crippen LogP contribution in [0.2, 0.25) is 0 Å². The average Bonchev–Trinajstić information content (AvgIpc) is 3.71. The quantitative estimate of drug-likeness (QED) is 0.375. The van der Waals surface area contributed by atoms with E-state index < -0.39 is 17.2 Å². The predicted octanol–water partition coefficient (Wildman–Crippen LogP) is 2.59. The molecule has 1 amide bonds. The number of aromatic carboxylic acids is 1. The number of hydrogen-bond acceptors (Lipinski definition) is 6. The highest BCUT2D eigenvalue weighted by Crippen LogP contribution is 2.38. The number of carboxylic acid groups (broad SMARTS) is 1. The van der Waals surface area contributed by atoms with Crippen LogP contribution in [0.5, 0.6) is 0 Å². The summed E-state index contributed by atoms with van der Waals surface area (Å²) >= 11 is 0. The molecule has 0 unspecified atom stereocenters. The lowest BCUT2D eigenvalue weighted by atomic mass is 10.1. The van der Waals surface area contributed by atoms with Crippen molar-refractivity contribution in [2.24, 2.45) is 5.10 Å². The Morgan fingerprint density at radius 3 is 2.43 bits per heavy atom. The van der Waals surface area contributed by atoms with Crippen molar-refractivity contribution in [3.05, 3.63) is 75.6 Å². The van der Waals surface area contributed by atoms with Crippen molar-refractivity contribution < 1.29 is 23.5 Å². The number of carboxylic acids is 1. The first-order valence-corrected chi connectivity index (χ1v) is 12.0. The number of rotatable bonds is 7. The van der Waals surface area contributed by atoms with Crippen LogP contribution in [-0.4, -0.2) is 65.4 Å². The Balaban J connectivity index is 1.25. The first-order valence-electron chi connectivity index (χ1n) is 12.0. The third kappa shape index (κ3) is 5.36. The zero-order valence-electron chi connectivity index (χ0n) is 19.9. The first kappa shape index (κ1) is 24.6. The normalized spacial score (nSPS) is 16.4. The van der Waals surface area contributed by atoms with Gasteiger partial charge >= 0.3 is 5.97 Å². The lowest BCUT2D eigenvalue weighted by Crippen LogP contribution is -2.49. The molecule has 37 heavy (non-hydrogen) atoms. The number of anilines is 1. The van der Waals surface area contributed by atoms with E-state index in [1.165, 1.54) is 24.5 Å². The number of carbonyl (C=O) groups is 2. The number of hydrogen-bond donors (Lipinski definition) is 2. The Labute approximate surface area is 210 Å². The van der Waals surface area contributed by atoms with Crippen LogP contribution in [-0.2, 0) is 4.79 Å². The Hall–Kier alpha value is -4.12. The summed E-state index contributed by atoms with van der Waals surface area (Å²) < 4.78 is 29.9. The van der Waals surface area contributed by atoms with E-state index in [-0.39, 0.29) is 35.3 Å². The lowest BCUT2D eigenvalue weighted by Gasteiger charge is -2.36. The molecule has 1 aromatic heterocycles. The van der Waals surface area contributed by atoms with Gasteiger partial charge in [-0.2, -0.15) is 5.10 Å². The molecule has 9 nitrogen and oxygen atoms in total. The van der Waals surface area contributed by atoms with Crippen molar-refractivity contribution >= 4 is 34.7 Å². The summed E-state index contributed by atoms with van der Waals surface area (Å²) in [5.74, 6) is -2.57. The number of amides is 1. The van der Waals surface area contributed by atoms with Crippen LogP contribution in [0, 0.1) is 11.6 Å². The maximum absolute atomic E-state index is 15.1. The van der Waals surface area contributed by atoms with Crippen molar-refractivity contribution in [3.8, 4) is 0 Å². The molecule has 0 spiro atoms. The van der Waals surface area contributed by atoms with E-state index in [1.54, 1.807) is 22.8 Å². The van der Waals surface area contributed by atoms with E-state index in [9.17, 15) is 23.9 Å². The van der Waals surface area contributed by atoms with Crippen LogP contribution in [0.15, 0.2) is 52.5 Å². The number of benzene rings is 2. The molecule has 0 radical (unpaired) electrons. The second-order valence-corrected chi connectivity index (χ2v) is 9.24. The van der Waals surface area contributed by atoms with Gasteiger partial charge in [-0.3, -0.25) is 14.5 Å². The zero-order chi connectivity index (χ0) is 26.1. The molecule has 2 aliphatic rings. The van der Waals surface area contributed by atoms with Gasteiger partial charge in [0.2, 0.25) is 5.43 Å². The van der Waals surface area contributed by atoms with E-state index in [2.05, 4.69) is 10.5 Å². The molecule has 1 saturated heterocycles. The number of aromatic nitrogens is 1. The summed E-state index contributed by atoms with van der Waals surface area (Å²) in [5.41, 5.74) is 2.92. The lowest BCUT2D eigenvalue weighted by molar-refractivity contribution is -0.122. The van der Waals surface area contributed by atoms with Gasteiger partial charge in [0.25, 0.3) is 5.91 Å². The van der Waals surface area contributed by atoms with E-state index in [4.69, 9.17) is 0 Å². The summed E-state index contributed by atoms with van der Waals surface area (Å²) in [5, 5.41) is 13.4. The maximum atomic E-state index is 15.1. The molecule has 2 heterocycles. The number of piperazine rings is 1. The van der Waals surface area contributed by atoms with Gasteiger partial charge in [0.15, 0.2) is 0 Å². The third-order valence-corrected chi connectivity index (χ3v) is 6.62. The second kappa shape index (κ2) is 10.1. The molecule has 5 rings (SSSR count). The highest BCUT2D eigenvalue weighted by molar-refractivity contribution is 5.93. The van der Waals surface area contributed by atoms with Crippen molar-refractivity contribution in [2.75, 3.05) is 37.6 Å². The van der Waals surface area contributed by atoms with Gasteiger partial charge in [0.05, 0.1) is 24.0 Å². The van der Waals surface area contributed by atoms with Crippen molar-refractivity contribution in [1.29, 1.82) is 0 Å². The van der Waals surface area contributed by atoms with E-state index >= 15 is 4.39 Å². The Morgan fingerprint density at radius 2 is 1.78 bits per heavy atom. The number of halogens is 2. The molecule has 1 aliphatic heterocycles. The molecule has 2 N–H and O–H groups in total. The Morgan fingerprint density at radius 1 is 1.08 bits per heavy atom. The number of fused-ring (bicyclic) bond motifs is 1. The standard InChI is InChI=1S/C26H25F2N5O4/c27-17-3-1-16(2-4-17)13-29-30-24(34)15-31-7-9-32(10-8-31)23-12-22-19(11-21(23)28)25(35)20(26(36)37)14-33(22)18-5-6-18/h1-4,11-14,18H,5-10,15H2,(H,30,34)(H,36,37)/b29-13+. The molecular formula is C26H25F2N5O4. The van der Waals surface area contributed by atoms with Gasteiger partial charge in [0.1, 0.15) is 17.2 Å². The minimum atomic E-state index is -1.33. The summed E-state index contributed by atoms with van der Waals surface area (Å²) in [7, 11) is 0. The predicted molar refractivity (Wildman–Crippen MR) is 134 cm³/mol. The molecule has 0 bridgehead atoms. The van der Waals surface area contributed by atoms with Gasteiger partial charge < -0.3 is 14.6 Å². The van der Waals surface area contributed by atoms with Crippen LogP contribution >= 0.6 is 0 Å². The summed E-state index contributed by atoms with van der Waals surface area (Å²) in [6.45, 7) is 2.08. The molecule has 11 heteroatoms. The molecule has 3 aromatic rings. The van der Waals surface area contributed by atoms with Crippen molar-refractivity contribution in [2.45, 2.75) is 18.9 Å². The van der Waals surface area contributed by atoms with Gasteiger partial charge in [0, 0.05) is 43.8 Å². The SMILES string of the molecule is O=C(CN1CCN(c2cc3c(cc2F)c(=O)c(C(=O)O)cn3C2CC2)CC1)N/N=C/c1ccc(F)cc1. The van der Waals surface area contributed by atoms with Crippen LogP contribution in [0.1, 0.15) is 34.8 Å². The topological polar surface area (TPSA) is 107 Å². The fourth-order valence-corrected chi connectivity index (χ4v) is 4.52. The molecular weight excluding hydrogens is 484 g/mol. The fourth-order valence-electron chi connectivity index (χ4n) is 4.52. The van der Waals surface area contributed by atoms with Crippen molar-refractivity contribution in [3.63, 3.8) is 0 Å². The number of carbonyl (C=O) groups excluding carboxylic acids is 1. The van der Waals surface area contributed by atoms with Crippen LogP contribution in [0.3, 0.4) is 0 Å². The first-order chi connectivity index (χ1) is 17.8. The van der Waals surface area contributed by atoms with Gasteiger partial charge in [-0.25, -0.2) is 19.0 Å². The highest BCUT2D eigenvalue weighted by Gasteiger charge is 2.28. The monoisotopic (exact) mass is 509 g/mol. The summed E-state index contributed by atoms with van der Waals surface area (Å²) in [6.07, 6.45) is 4.54. The largest absolute Gasteiger partial charge is 0.477 e. The minimum absolute atomic E-state index is 0.0598. The molecule has 0 atom stereocenters. The molecule has 2 fully saturated rings. The van der Waals surface area contributed by atoms with Gasteiger partial charge in [-0.05, 0) is 42.7 Å². The maximum Gasteiger partial charge on any atom is 0.341 e. The van der Waals surface area contributed by atoms with E-state index in [1.807, 2.05) is 9.80 Å². The van der Waals surface area contributed by atoms with Crippen LogP contribution < -0.4 is 15.8 Å². The van der Waals surface area contributed by atoms with E-state index in [0.717, 1.165) is 18.9 Å². The Bertz CT molecular complexity index is 1440. The molecule has 2 aromatic carbocycles.